The average Bonchev–Trinajstić information content (AvgIpc) is 3.30. The summed E-state index contributed by atoms with van der Waals surface area (Å²) in [5.74, 6) is 0.657. The molecule has 24 heavy (non-hydrogen) atoms. The van der Waals surface area contributed by atoms with Crippen molar-refractivity contribution in [1.29, 1.82) is 5.41 Å². The number of rotatable bonds is 6. The molecule has 1 aromatic carbocycles. The summed E-state index contributed by atoms with van der Waals surface area (Å²) in [6, 6.07) is 7.18. The lowest BCUT2D eigenvalue weighted by Gasteiger charge is -2.33. The zero-order chi connectivity index (χ0) is 17.3. The molecule has 1 aromatic rings. The van der Waals surface area contributed by atoms with Gasteiger partial charge in [0.15, 0.2) is 5.78 Å². The lowest BCUT2D eigenvalue weighted by atomic mass is 9.74. The first-order valence-electron chi connectivity index (χ1n) is 8.54. The summed E-state index contributed by atoms with van der Waals surface area (Å²) < 4.78 is 0. The van der Waals surface area contributed by atoms with Crippen molar-refractivity contribution >= 4 is 23.5 Å². The molecule has 3 rings (SSSR count). The smallest absolute Gasteiger partial charge is 0.166 e. The third-order valence-corrected chi connectivity index (χ3v) is 4.71. The van der Waals surface area contributed by atoms with Gasteiger partial charge in [-0.05, 0) is 61.3 Å². The van der Waals surface area contributed by atoms with Crippen LogP contribution in [0.4, 0.5) is 5.69 Å². The first kappa shape index (κ1) is 16.6. The molecule has 0 radical (unpaired) electrons. The van der Waals surface area contributed by atoms with Gasteiger partial charge in [0.2, 0.25) is 0 Å². The van der Waals surface area contributed by atoms with Gasteiger partial charge in [-0.3, -0.25) is 9.59 Å². The van der Waals surface area contributed by atoms with E-state index in [0.29, 0.717) is 35.6 Å². The minimum Gasteiger partial charge on any atom is -0.358 e. The van der Waals surface area contributed by atoms with Gasteiger partial charge in [0.05, 0.1) is 5.57 Å². The van der Waals surface area contributed by atoms with E-state index in [1.54, 1.807) is 12.1 Å². The van der Waals surface area contributed by atoms with Crippen LogP contribution in [0.2, 0.25) is 0 Å². The Morgan fingerprint density at radius 2 is 1.92 bits per heavy atom. The van der Waals surface area contributed by atoms with Gasteiger partial charge >= 0.3 is 0 Å². The lowest BCUT2D eigenvalue weighted by molar-refractivity contribution is -0.117. The predicted molar refractivity (Wildman–Crippen MR) is 95.6 cm³/mol. The summed E-state index contributed by atoms with van der Waals surface area (Å²) in [7, 11) is 0. The molecule has 0 spiro atoms. The molecule has 0 bridgehead atoms. The molecule has 0 heterocycles. The van der Waals surface area contributed by atoms with Crippen LogP contribution in [0.15, 0.2) is 35.5 Å². The molecule has 0 aliphatic heterocycles. The van der Waals surface area contributed by atoms with Gasteiger partial charge in [-0.2, -0.15) is 0 Å². The van der Waals surface area contributed by atoms with Crippen molar-refractivity contribution in [3.05, 3.63) is 41.1 Å². The lowest BCUT2D eigenvalue weighted by Crippen LogP contribution is -2.31. The van der Waals surface area contributed by atoms with Gasteiger partial charge in [0, 0.05) is 29.1 Å². The van der Waals surface area contributed by atoms with Crippen LogP contribution in [-0.2, 0) is 4.79 Å². The Bertz CT molecular complexity index is 710. The second-order valence-corrected chi connectivity index (χ2v) is 7.79. The van der Waals surface area contributed by atoms with Gasteiger partial charge in [-0.25, -0.2) is 0 Å². The Hall–Kier alpha value is -2.23. The van der Waals surface area contributed by atoms with Crippen molar-refractivity contribution in [3.63, 3.8) is 0 Å². The van der Waals surface area contributed by atoms with Crippen LogP contribution in [0.1, 0.15) is 56.3 Å². The average molecular weight is 324 g/mol. The van der Waals surface area contributed by atoms with E-state index in [1.807, 2.05) is 12.1 Å². The molecule has 2 aliphatic rings. The molecule has 0 aromatic heterocycles. The highest BCUT2D eigenvalue weighted by Crippen LogP contribution is 2.40. The van der Waals surface area contributed by atoms with Crippen molar-refractivity contribution in [2.75, 3.05) is 5.32 Å². The van der Waals surface area contributed by atoms with E-state index in [9.17, 15) is 9.59 Å². The number of ketones is 1. The highest BCUT2D eigenvalue weighted by molar-refractivity contribution is 6.22. The Kier molecular flexibility index (Phi) is 4.39. The van der Waals surface area contributed by atoms with E-state index in [4.69, 9.17) is 5.41 Å². The summed E-state index contributed by atoms with van der Waals surface area (Å²) in [4.78, 5) is 23.5. The fourth-order valence-electron chi connectivity index (χ4n) is 3.31. The number of aldehydes is 1. The van der Waals surface area contributed by atoms with E-state index in [2.05, 4.69) is 19.2 Å². The number of hydrogen-bond donors (Lipinski definition) is 2. The standard InChI is InChI=1S/C20H24N2O2/c1-20(2)10-17(22-15-7-5-14(12-23)6-8-15)19(18(24)11-20)16(21)9-13-3-4-13/h5-8,12-13,21-22H,3-4,9-11H2,1-2H3. The predicted octanol–water partition coefficient (Wildman–Crippen LogP) is 4.37. The minimum atomic E-state index is -0.106. The zero-order valence-corrected chi connectivity index (χ0v) is 14.3. The molecule has 4 nitrogen and oxygen atoms in total. The maximum atomic E-state index is 12.7. The van der Waals surface area contributed by atoms with Crippen LogP contribution in [0.25, 0.3) is 0 Å². The fourth-order valence-corrected chi connectivity index (χ4v) is 3.31. The van der Waals surface area contributed by atoms with E-state index < -0.39 is 0 Å². The molecule has 0 saturated heterocycles. The molecule has 0 amide bonds. The van der Waals surface area contributed by atoms with E-state index in [1.165, 1.54) is 12.8 Å². The first-order chi connectivity index (χ1) is 11.4. The van der Waals surface area contributed by atoms with Gasteiger partial charge in [0.1, 0.15) is 6.29 Å². The van der Waals surface area contributed by atoms with Crippen molar-refractivity contribution in [3.8, 4) is 0 Å². The Morgan fingerprint density at radius 3 is 2.50 bits per heavy atom. The number of benzene rings is 1. The topological polar surface area (TPSA) is 70.0 Å². The fraction of sp³-hybridized carbons (Fsp3) is 0.450. The molecule has 2 aliphatic carbocycles. The van der Waals surface area contributed by atoms with Gasteiger partial charge in [-0.15, -0.1) is 0 Å². The van der Waals surface area contributed by atoms with E-state index in [-0.39, 0.29) is 11.2 Å². The minimum absolute atomic E-state index is 0.0731. The first-order valence-corrected chi connectivity index (χ1v) is 8.54. The third-order valence-electron chi connectivity index (χ3n) is 4.71. The van der Waals surface area contributed by atoms with Crippen LogP contribution >= 0.6 is 0 Å². The van der Waals surface area contributed by atoms with Crippen molar-refractivity contribution in [2.45, 2.75) is 46.0 Å². The Labute approximate surface area is 142 Å². The zero-order valence-electron chi connectivity index (χ0n) is 14.3. The second-order valence-electron chi connectivity index (χ2n) is 7.79. The Balaban J connectivity index is 1.90. The highest BCUT2D eigenvalue weighted by atomic mass is 16.1. The molecule has 0 unspecified atom stereocenters. The molecule has 126 valence electrons. The van der Waals surface area contributed by atoms with Crippen LogP contribution in [0.5, 0.6) is 0 Å². The summed E-state index contributed by atoms with van der Waals surface area (Å²) in [5.41, 5.74) is 3.27. The number of allylic oxidation sites excluding steroid dienone is 2. The summed E-state index contributed by atoms with van der Waals surface area (Å²) >= 11 is 0. The number of carbonyl (C=O) groups is 2. The van der Waals surface area contributed by atoms with Crippen molar-refractivity contribution in [1.82, 2.24) is 0 Å². The number of carbonyl (C=O) groups excluding carboxylic acids is 2. The third kappa shape index (κ3) is 3.81. The van der Waals surface area contributed by atoms with E-state index >= 15 is 0 Å². The SMILES string of the molecule is CC1(C)CC(=O)C(C(=N)CC2CC2)=C(Nc2ccc(C=O)cc2)C1. The number of anilines is 1. The summed E-state index contributed by atoms with van der Waals surface area (Å²) in [6.07, 6.45) is 5.10. The number of nitrogens with one attached hydrogen (secondary N) is 2. The molecule has 1 saturated carbocycles. The molecular formula is C20H24N2O2. The van der Waals surface area contributed by atoms with E-state index in [0.717, 1.165) is 24.1 Å². The molecule has 4 heteroatoms. The Morgan fingerprint density at radius 1 is 1.25 bits per heavy atom. The largest absolute Gasteiger partial charge is 0.358 e. The van der Waals surface area contributed by atoms with Crippen LogP contribution in [0, 0.1) is 16.7 Å². The molecular weight excluding hydrogens is 300 g/mol. The van der Waals surface area contributed by atoms with Crippen molar-refractivity contribution < 1.29 is 9.59 Å². The van der Waals surface area contributed by atoms with Crippen LogP contribution in [-0.4, -0.2) is 17.8 Å². The monoisotopic (exact) mass is 324 g/mol. The number of hydrogen-bond acceptors (Lipinski definition) is 4. The molecule has 1 fully saturated rings. The van der Waals surface area contributed by atoms with Crippen LogP contribution in [0.3, 0.4) is 0 Å². The highest BCUT2D eigenvalue weighted by Gasteiger charge is 2.36. The summed E-state index contributed by atoms with van der Waals surface area (Å²) in [6.45, 7) is 4.17. The van der Waals surface area contributed by atoms with Crippen molar-refractivity contribution in [2.24, 2.45) is 11.3 Å². The maximum absolute atomic E-state index is 12.7. The molecule has 2 N–H and O–H groups in total. The number of Topliss-reactive ketones (excluding diaryl/α,β-unsaturated/α-hetero) is 1. The normalized spacial score (nSPS) is 20.0. The summed E-state index contributed by atoms with van der Waals surface area (Å²) in [5, 5.41) is 11.8. The molecule has 0 atom stereocenters. The van der Waals surface area contributed by atoms with Gasteiger partial charge in [-0.1, -0.05) is 13.8 Å². The van der Waals surface area contributed by atoms with Gasteiger partial charge in [0.25, 0.3) is 0 Å². The van der Waals surface area contributed by atoms with Gasteiger partial charge < -0.3 is 10.7 Å². The quantitative estimate of drug-likeness (QED) is 0.603. The maximum Gasteiger partial charge on any atom is 0.166 e. The van der Waals surface area contributed by atoms with Crippen LogP contribution < -0.4 is 5.32 Å². The second kappa shape index (κ2) is 6.34.